The van der Waals surface area contributed by atoms with Crippen molar-refractivity contribution in [1.82, 2.24) is 14.4 Å². The number of imidazole rings is 1. The minimum Gasteiger partial charge on any atom is -0.477 e. The lowest BCUT2D eigenvalue weighted by molar-refractivity contribution is 0.0691. The van der Waals surface area contributed by atoms with Crippen LogP contribution in [0.15, 0.2) is 54.9 Å². The summed E-state index contributed by atoms with van der Waals surface area (Å²) in [7, 11) is 0. The summed E-state index contributed by atoms with van der Waals surface area (Å²) < 4.78 is 2.00. The molecular weight excluding hydrogens is 266 g/mol. The van der Waals surface area contributed by atoms with Crippen molar-refractivity contribution >= 4 is 22.5 Å². The molecule has 0 unspecified atom stereocenters. The van der Waals surface area contributed by atoms with Crippen LogP contribution < -0.4 is 0 Å². The van der Waals surface area contributed by atoms with Crippen LogP contribution in [0.25, 0.3) is 27.8 Å². The monoisotopic (exact) mass is 277 g/mol. The van der Waals surface area contributed by atoms with Gasteiger partial charge in [0.1, 0.15) is 11.3 Å². The summed E-state index contributed by atoms with van der Waals surface area (Å²) in [6.07, 6.45) is 3.67. The molecule has 0 bridgehead atoms. The maximum absolute atomic E-state index is 11.0. The Morgan fingerprint density at radius 1 is 1.19 bits per heavy atom. The van der Waals surface area contributed by atoms with E-state index < -0.39 is 5.97 Å². The average molecular weight is 277 g/mol. The largest absolute Gasteiger partial charge is 0.477 e. The molecule has 0 amide bonds. The van der Waals surface area contributed by atoms with E-state index >= 15 is 0 Å². The number of aromatic amines is 1. The Morgan fingerprint density at radius 3 is 2.95 bits per heavy atom. The van der Waals surface area contributed by atoms with Gasteiger partial charge in [0, 0.05) is 28.9 Å². The molecule has 4 aromatic rings. The molecule has 5 heteroatoms. The Kier molecular flexibility index (Phi) is 2.35. The summed E-state index contributed by atoms with van der Waals surface area (Å²) in [6, 6.07) is 13.4. The van der Waals surface area contributed by atoms with Gasteiger partial charge in [-0.05, 0) is 24.3 Å². The molecule has 21 heavy (non-hydrogen) atoms. The number of H-pyrrole nitrogens is 1. The topological polar surface area (TPSA) is 70.4 Å². The highest BCUT2D eigenvalue weighted by Crippen LogP contribution is 2.25. The van der Waals surface area contributed by atoms with Gasteiger partial charge in [0.05, 0.1) is 5.69 Å². The lowest BCUT2D eigenvalue weighted by Crippen LogP contribution is -1.94. The fourth-order valence-corrected chi connectivity index (χ4v) is 2.58. The number of pyridine rings is 1. The maximum Gasteiger partial charge on any atom is 0.352 e. The van der Waals surface area contributed by atoms with Gasteiger partial charge in [-0.3, -0.25) is 4.40 Å². The van der Waals surface area contributed by atoms with Crippen LogP contribution in [0, 0.1) is 0 Å². The molecule has 102 valence electrons. The molecule has 0 atom stereocenters. The molecule has 4 rings (SSSR count). The lowest BCUT2D eigenvalue weighted by atomic mass is 10.1. The quantitative estimate of drug-likeness (QED) is 0.591. The van der Waals surface area contributed by atoms with Gasteiger partial charge < -0.3 is 10.1 Å². The van der Waals surface area contributed by atoms with Gasteiger partial charge in [-0.25, -0.2) is 9.78 Å². The van der Waals surface area contributed by atoms with Gasteiger partial charge in [0.15, 0.2) is 0 Å². The van der Waals surface area contributed by atoms with E-state index in [0.29, 0.717) is 0 Å². The molecular formula is C16H11N3O2. The molecule has 0 aliphatic heterocycles. The van der Waals surface area contributed by atoms with Gasteiger partial charge in [-0.2, -0.15) is 0 Å². The second kappa shape index (κ2) is 4.21. The molecule has 1 aromatic carbocycles. The molecule has 3 aromatic heterocycles. The van der Waals surface area contributed by atoms with Crippen molar-refractivity contribution in [1.29, 1.82) is 0 Å². The van der Waals surface area contributed by atoms with Crippen molar-refractivity contribution in [3.05, 3.63) is 60.6 Å². The van der Waals surface area contributed by atoms with Crippen molar-refractivity contribution in [2.75, 3.05) is 0 Å². The lowest BCUT2D eigenvalue weighted by Gasteiger charge is -2.05. The van der Waals surface area contributed by atoms with E-state index in [4.69, 9.17) is 5.11 Å². The summed E-state index contributed by atoms with van der Waals surface area (Å²) in [6.45, 7) is 0. The number of hydrogen-bond acceptors (Lipinski definition) is 2. The predicted octanol–water partition coefficient (Wildman–Crippen LogP) is 3.18. The van der Waals surface area contributed by atoms with Crippen LogP contribution in [0.2, 0.25) is 0 Å². The smallest absolute Gasteiger partial charge is 0.352 e. The molecule has 0 radical (unpaired) electrons. The molecule has 0 fully saturated rings. The predicted molar refractivity (Wildman–Crippen MR) is 79.4 cm³/mol. The van der Waals surface area contributed by atoms with Crippen LogP contribution in [0.5, 0.6) is 0 Å². The van der Waals surface area contributed by atoms with E-state index in [-0.39, 0.29) is 5.69 Å². The van der Waals surface area contributed by atoms with Crippen LogP contribution >= 0.6 is 0 Å². The maximum atomic E-state index is 11.0. The number of carbonyl (C=O) groups is 1. The molecule has 0 spiro atoms. The Bertz CT molecular complexity index is 981. The van der Waals surface area contributed by atoms with E-state index in [2.05, 4.69) is 9.97 Å². The first kappa shape index (κ1) is 11.7. The number of hydrogen-bond donors (Lipinski definition) is 2. The second-order valence-corrected chi connectivity index (χ2v) is 4.86. The first-order valence-electron chi connectivity index (χ1n) is 6.51. The van der Waals surface area contributed by atoms with Crippen LogP contribution in [0.3, 0.4) is 0 Å². The Balaban J connectivity index is 1.94. The second-order valence-electron chi connectivity index (χ2n) is 4.86. The minimum absolute atomic E-state index is 0.197. The van der Waals surface area contributed by atoms with E-state index in [1.165, 1.54) is 0 Å². The van der Waals surface area contributed by atoms with Crippen molar-refractivity contribution in [3.63, 3.8) is 0 Å². The zero-order valence-electron chi connectivity index (χ0n) is 10.9. The third kappa shape index (κ3) is 1.79. The molecule has 0 aliphatic rings. The molecule has 3 heterocycles. The number of nitrogens with zero attached hydrogens (tertiary/aromatic N) is 2. The SMILES string of the molecule is O=C(O)c1cc2ccc(-c3cccc4nccn34)cc2[nH]1. The number of nitrogens with one attached hydrogen (secondary N) is 1. The first-order chi connectivity index (χ1) is 10.2. The number of benzene rings is 1. The molecule has 0 saturated carbocycles. The van der Waals surface area contributed by atoms with Gasteiger partial charge in [0.2, 0.25) is 0 Å². The third-order valence-corrected chi connectivity index (χ3v) is 3.58. The average Bonchev–Trinajstić information content (AvgIpc) is 3.12. The first-order valence-corrected chi connectivity index (χ1v) is 6.51. The van der Waals surface area contributed by atoms with Crippen molar-refractivity contribution in [2.45, 2.75) is 0 Å². The van der Waals surface area contributed by atoms with Crippen LogP contribution in [0.1, 0.15) is 10.5 Å². The number of carboxylic acids is 1. The van der Waals surface area contributed by atoms with Crippen LogP contribution in [0.4, 0.5) is 0 Å². The van der Waals surface area contributed by atoms with Gasteiger partial charge in [-0.15, -0.1) is 0 Å². The standard InChI is InChI=1S/C16H11N3O2/c20-16(21)13-8-10-4-5-11(9-12(10)18-13)14-2-1-3-15-17-6-7-19(14)15/h1-9,18H,(H,20,21). The highest BCUT2D eigenvalue weighted by atomic mass is 16.4. The van der Waals surface area contributed by atoms with E-state index in [1.54, 1.807) is 12.3 Å². The summed E-state index contributed by atoms with van der Waals surface area (Å²) in [5.74, 6) is -0.954. The highest BCUT2D eigenvalue weighted by Gasteiger charge is 2.09. The van der Waals surface area contributed by atoms with Crippen molar-refractivity contribution < 1.29 is 9.90 Å². The highest BCUT2D eigenvalue weighted by molar-refractivity contribution is 5.95. The van der Waals surface area contributed by atoms with Gasteiger partial charge in [0.25, 0.3) is 0 Å². The Labute approximate surface area is 119 Å². The van der Waals surface area contributed by atoms with Crippen molar-refractivity contribution in [3.8, 4) is 11.3 Å². The molecule has 0 saturated heterocycles. The fourth-order valence-electron chi connectivity index (χ4n) is 2.58. The Hall–Kier alpha value is -3.08. The number of rotatable bonds is 2. The Morgan fingerprint density at radius 2 is 2.10 bits per heavy atom. The van der Waals surface area contributed by atoms with E-state index in [1.807, 2.05) is 47.0 Å². The fraction of sp³-hybridized carbons (Fsp3) is 0. The van der Waals surface area contributed by atoms with E-state index in [0.717, 1.165) is 27.8 Å². The van der Waals surface area contributed by atoms with Gasteiger partial charge >= 0.3 is 5.97 Å². The third-order valence-electron chi connectivity index (χ3n) is 3.58. The summed E-state index contributed by atoms with van der Waals surface area (Å²) in [5, 5.41) is 9.93. The molecule has 0 aliphatic carbocycles. The zero-order chi connectivity index (χ0) is 14.4. The summed E-state index contributed by atoms with van der Waals surface area (Å²) in [5.41, 5.74) is 3.90. The number of aromatic nitrogens is 3. The van der Waals surface area contributed by atoms with E-state index in [9.17, 15) is 4.79 Å². The van der Waals surface area contributed by atoms with Gasteiger partial charge in [-0.1, -0.05) is 18.2 Å². The minimum atomic E-state index is -0.954. The van der Waals surface area contributed by atoms with Crippen molar-refractivity contribution in [2.24, 2.45) is 0 Å². The molecule has 2 N–H and O–H groups in total. The van der Waals surface area contributed by atoms with Crippen LogP contribution in [-0.2, 0) is 0 Å². The zero-order valence-corrected chi connectivity index (χ0v) is 10.9. The normalized spacial score (nSPS) is 11.2. The number of carboxylic acid groups (broad SMARTS) is 1. The molecule has 5 nitrogen and oxygen atoms in total. The van der Waals surface area contributed by atoms with Crippen LogP contribution in [-0.4, -0.2) is 25.4 Å². The number of fused-ring (bicyclic) bond motifs is 2. The summed E-state index contributed by atoms with van der Waals surface area (Å²) in [4.78, 5) is 18.2. The number of aromatic carboxylic acids is 1. The summed E-state index contributed by atoms with van der Waals surface area (Å²) >= 11 is 0.